The summed E-state index contributed by atoms with van der Waals surface area (Å²) in [6.07, 6.45) is 0.868. The Labute approximate surface area is 98.5 Å². The molecular formula is C10H13NO5S. The standard InChI is InChI=1S/C10H13NO5S/c1-10(2-4-17(14,15)5-3-10)8-6-7(9(12)13)11-16-8/h6H,2-5H2,1H3,(H,12,13). The van der Waals surface area contributed by atoms with E-state index in [-0.39, 0.29) is 17.2 Å². The fraction of sp³-hybridized carbons (Fsp3) is 0.600. The van der Waals surface area contributed by atoms with Gasteiger partial charge in [0, 0.05) is 11.5 Å². The van der Waals surface area contributed by atoms with Gasteiger partial charge in [0.05, 0.1) is 11.5 Å². The van der Waals surface area contributed by atoms with Gasteiger partial charge < -0.3 is 9.63 Å². The smallest absolute Gasteiger partial charge is 0.358 e. The molecule has 1 aromatic heterocycles. The van der Waals surface area contributed by atoms with Crippen LogP contribution >= 0.6 is 0 Å². The molecule has 0 radical (unpaired) electrons. The number of carboxylic acid groups (broad SMARTS) is 1. The molecule has 0 unspecified atom stereocenters. The number of aromatic nitrogens is 1. The lowest BCUT2D eigenvalue weighted by atomic mass is 9.81. The van der Waals surface area contributed by atoms with Crippen LogP contribution < -0.4 is 0 Å². The van der Waals surface area contributed by atoms with Crippen molar-refractivity contribution in [3.05, 3.63) is 17.5 Å². The van der Waals surface area contributed by atoms with Crippen molar-refractivity contribution in [1.82, 2.24) is 5.16 Å². The SMILES string of the molecule is CC1(c2cc(C(=O)O)no2)CCS(=O)(=O)CC1. The molecule has 1 saturated heterocycles. The third kappa shape index (κ3) is 2.33. The summed E-state index contributed by atoms with van der Waals surface area (Å²) in [5, 5.41) is 12.2. The Kier molecular flexibility index (Phi) is 2.73. The second-order valence-corrected chi connectivity index (χ2v) is 6.90. The van der Waals surface area contributed by atoms with Gasteiger partial charge in [0.15, 0.2) is 5.69 Å². The lowest BCUT2D eigenvalue weighted by Gasteiger charge is -2.30. The Balaban J connectivity index is 2.24. The molecule has 0 amide bonds. The Morgan fingerprint density at radius 3 is 2.53 bits per heavy atom. The second-order valence-electron chi connectivity index (χ2n) is 4.59. The van der Waals surface area contributed by atoms with Crippen LogP contribution in [0.3, 0.4) is 0 Å². The average molecular weight is 259 g/mol. The number of aromatic carboxylic acids is 1. The van der Waals surface area contributed by atoms with E-state index in [1.54, 1.807) is 0 Å². The molecule has 0 atom stereocenters. The van der Waals surface area contributed by atoms with Crippen LogP contribution in [0.4, 0.5) is 0 Å². The van der Waals surface area contributed by atoms with E-state index < -0.39 is 21.2 Å². The average Bonchev–Trinajstić information content (AvgIpc) is 2.73. The fourth-order valence-electron chi connectivity index (χ4n) is 1.90. The van der Waals surface area contributed by atoms with E-state index in [9.17, 15) is 13.2 Å². The summed E-state index contributed by atoms with van der Waals surface area (Å²) < 4.78 is 27.7. The van der Waals surface area contributed by atoms with Crippen molar-refractivity contribution in [2.45, 2.75) is 25.2 Å². The topological polar surface area (TPSA) is 97.5 Å². The highest BCUT2D eigenvalue weighted by atomic mass is 32.2. The van der Waals surface area contributed by atoms with Crippen LogP contribution in [-0.4, -0.2) is 36.2 Å². The van der Waals surface area contributed by atoms with Crippen molar-refractivity contribution in [2.75, 3.05) is 11.5 Å². The number of hydrogen-bond donors (Lipinski definition) is 1. The van der Waals surface area contributed by atoms with Crippen LogP contribution in [0.2, 0.25) is 0 Å². The van der Waals surface area contributed by atoms with Gasteiger partial charge in [-0.3, -0.25) is 0 Å². The highest BCUT2D eigenvalue weighted by Gasteiger charge is 2.38. The van der Waals surface area contributed by atoms with Gasteiger partial charge in [-0.05, 0) is 12.8 Å². The molecule has 0 aliphatic carbocycles. The zero-order valence-electron chi connectivity index (χ0n) is 9.34. The molecule has 1 aliphatic heterocycles. The van der Waals surface area contributed by atoms with E-state index in [2.05, 4.69) is 5.16 Å². The fourth-order valence-corrected chi connectivity index (χ4v) is 3.62. The van der Waals surface area contributed by atoms with E-state index in [4.69, 9.17) is 9.63 Å². The van der Waals surface area contributed by atoms with Crippen molar-refractivity contribution < 1.29 is 22.8 Å². The Morgan fingerprint density at radius 2 is 2.06 bits per heavy atom. The molecule has 1 fully saturated rings. The number of hydrogen-bond acceptors (Lipinski definition) is 5. The first-order valence-electron chi connectivity index (χ1n) is 5.23. The van der Waals surface area contributed by atoms with Crippen LogP contribution in [0.5, 0.6) is 0 Å². The molecule has 6 nitrogen and oxygen atoms in total. The van der Waals surface area contributed by atoms with Gasteiger partial charge in [0.25, 0.3) is 0 Å². The van der Waals surface area contributed by atoms with Crippen LogP contribution in [0, 0.1) is 0 Å². The number of nitrogens with zero attached hydrogens (tertiary/aromatic N) is 1. The lowest BCUT2D eigenvalue weighted by Crippen LogP contribution is -2.34. The molecule has 1 N–H and O–H groups in total. The molecule has 0 aromatic carbocycles. The molecule has 2 rings (SSSR count). The van der Waals surface area contributed by atoms with E-state index in [0.717, 1.165) is 0 Å². The summed E-state index contributed by atoms with van der Waals surface area (Å²) in [7, 11) is -2.95. The first-order valence-corrected chi connectivity index (χ1v) is 7.05. The second kappa shape index (κ2) is 3.83. The molecule has 1 aromatic rings. The minimum atomic E-state index is -2.95. The number of sulfone groups is 1. The van der Waals surface area contributed by atoms with Crippen LogP contribution in [0.25, 0.3) is 0 Å². The minimum absolute atomic E-state index is 0.104. The van der Waals surface area contributed by atoms with E-state index in [0.29, 0.717) is 18.6 Å². The summed E-state index contributed by atoms with van der Waals surface area (Å²) in [5.74, 6) is -0.490. The lowest BCUT2D eigenvalue weighted by molar-refractivity contribution is 0.0685. The summed E-state index contributed by atoms with van der Waals surface area (Å²) in [6, 6.07) is 1.38. The predicted octanol–water partition coefficient (Wildman–Crippen LogP) is 0.839. The van der Waals surface area contributed by atoms with Crippen molar-refractivity contribution >= 4 is 15.8 Å². The molecule has 2 heterocycles. The number of carbonyl (C=O) groups is 1. The zero-order valence-corrected chi connectivity index (χ0v) is 10.2. The number of carboxylic acids is 1. The minimum Gasteiger partial charge on any atom is -0.476 e. The third-order valence-corrected chi connectivity index (χ3v) is 4.91. The zero-order chi connectivity index (χ0) is 12.7. The van der Waals surface area contributed by atoms with Crippen molar-refractivity contribution in [1.29, 1.82) is 0 Å². The van der Waals surface area contributed by atoms with Gasteiger partial charge in [-0.1, -0.05) is 12.1 Å². The summed E-state index contributed by atoms with van der Waals surface area (Å²) in [5.41, 5.74) is -0.582. The first kappa shape index (κ1) is 12.1. The van der Waals surface area contributed by atoms with Gasteiger partial charge in [-0.25, -0.2) is 13.2 Å². The van der Waals surface area contributed by atoms with Crippen LogP contribution in [0.15, 0.2) is 10.6 Å². The number of rotatable bonds is 2. The molecule has 0 saturated carbocycles. The van der Waals surface area contributed by atoms with Crippen molar-refractivity contribution in [3.63, 3.8) is 0 Å². The molecule has 17 heavy (non-hydrogen) atoms. The first-order chi connectivity index (χ1) is 7.82. The normalized spacial score (nSPS) is 22.2. The molecule has 1 aliphatic rings. The highest BCUT2D eigenvalue weighted by Crippen LogP contribution is 2.36. The monoisotopic (exact) mass is 259 g/mol. The Morgan fingerprint density at radius 1 is 1.47 bits per heavy atom. The van der Waals surface area contributed by atoms with Crippen molar-refractivity contribution in [3.8, 4) is 0 Å². The largest absolute Gasteiger partial charge is 0.476 e. The summed E-state index contributed by atoms with van der Waals surface area (Å²) >= 11 is 0. The van der Waals surface area contributed by atoms with Gasteiger partial charge in [-0.2, -0.15) is 0 Å². The van der Waals surface area contributed by atoms with Crippen LogP contribution in [0.1, 0.15) is 36.0 Å². The van der Waals surface area contributed by atoms with Gasteiger partial charge in [0.1, 0.15) is 15.6 Å². The maximum Gasteiger partial charge on any atom is 0.358 e. The van der Waals surface area contributed by atoms with Gasteiger partial charge in [-0.15, -0.1) is 0 Å². The van der Waals surface area contributed by atoms with Crippen LogP contribution in [-0.2, 0) is 15.3 Å². The molecular weight excluding hydrogens is 246 g/mol. The molecule has 7 heteroatoms. The maximum absolute atomic E-state index is 11.3. The van der Waals surface area contributed by atoms with E-state index in [1.807, 2.05) is 6.92 Å². The van der Waals surface area contributed by atoms with E-state index >= 15 is 0 Å². The van der Waals surface area contributed by atoms with Gasteiger partial charge in [0.2, 0.25) is 0 Å². The summed E-state index contributed by atoms with van der Waals surface area (Å²) in [4.78, 5) is 10.7. The Hall–Kier alpha value is -1.37. The Bertz CT molecular complexity index is 531. The molecule has 0 bridgehead atoms. The molecule has 0 spiro atoms. The third-order valence-electron chi connectivity index (χ3n) is 3.25. The maximum atomic E-state index is 11.3. The molecule has 94 valence electrons. The quantitative estimate of drug-likeness (QED) is 0.845. The summed E-state index contributed by atoms with van der Waals surface area (Å²) in [6.45, 7) is 1.87. The highest BCUT2D eigenvalue weighted by molar-refractivity contribution is 7.91. The van der Waals surface area contributed by atoms with Gasteiger partial charge >= 0.3 is 5.97 Å². The van der Waals surface area contributed by atoms with E-state index in [1.165, 1.54) is 6.07 Å². The predicted molar refractivity (Wildman–Crippen MR) is 58.7 cm³/mol. The van der Waals surface area contributed by atoms with Crippen molar-refractivity contribution in [2.24, 2.45) is 0 Å².